The summed E-state index contributed by atoms with van der Waals surface area (Å²) in [6.45, 7) is 15.9. The number of aliphatic hydroxyl groups excluding tert-OH is 2. The molecule has 8 aromatic carbocycles. The van der Waals surface area contributed by atoms with Crippen molar-refractivity contribution < 1.29 is 38.6 Å². The SMILES string of the molecule is CCOCCOc1ccc(C2(c3ccc(OCCOCC)cc3)c3cc(C)ccc3-c3ccc(C)cc32)cc1.COc1ccc(C2(c3ccc(CO)c(CO)c3)c3cc(C)ccc3-c3ccc(C)cc32)cc1OC. The Kier molecular flexibility index (Phi) is 15.7. The van der Waals surface area contributed by atoms with Gasteiger partial charge in [-0.2, -0.15) is 0 Å². The van der Waals surface area contributed by atoms with Crippen LogP contribution in [0, 0.1) is 27.7 Å². The maximum absolute atomic E-state index is 10.2. The van der Waals surface area contributed by atoms with Gasteiger partial charge >= 0.3 is 0 Å². The van der Waals surface area contributed by atoms with E-state index in [9.17, 15) is 10.2 Å². The fraction of sp³-hybridized carbons (Fsp3) is 0.273. The monoisotopic (exact) mass is 988 g/mol. The lowest BCUT2D eigenvalue weighted by Crippen LogP contribution is -2.29. The predicted octanol–water partition coefficient (Wildman–Crippen LogP) is 13.2. The third kappa shape index (κ3) is 9.48. The molecule has 0 atom stereocenters. The Morgan fingerprint density at radius 2 is 0.730 bits per heavy atom. The van der Waals surface area contributed by atoms with E-state index >= 15 is 0 Å². The zero-order valence-corrected chi connectivity index (χ0v) is 44.0. The first-order valence-electron chi connectivity index (χ1n) is 25.7. The van der Waals surface area contributed by atoms with Crippen molar-refractivity contribution in [2.24, 2.45) is 0 Å². The standard InChI is InChI=1S/C35H38O4.C31H30O4/c1-5-36-19-21-38-29-13-9-27(10-14-29)35(28-11-15-30(16-12-28)39-22-20-37-6-2)33-23-25(3)7-17-31(33)32-18-8-26(4)24-34(32)35;1-19-5-10-25-26-11-6-20(2)14-28(26)31(27(25)13-19,23-8-7-21(17-32)22(15-23)18-33)24-9-12-29(34-3)30(16-24)35-4/h7-18,23-24H,5-6,19-22H2,1-4H3;5-16,32-33H,17-18H2,1-4H3. The number of fused-ring (bicyclic) bond motifs is 6. The van der Waals surface area contributed by atoms with Crippen LogP contribution >= 0.6 is 0 Å². The van der Waals surface area contributed by atoms with Crippen LogP contribution in [-0.2, 0) is 33.5 Å². The summed E-state index contributed by atoms with van der Waals surface area (Å²) >= 11 is 0. The summed E-state index contributed by atoms with van der Waals surface area (Å²) in [5, 5.41) is 20.0. The Balaban J connectivity index is 0.000000183. The average molecular weight is 989 g/mol. The van der Waals surface area contributed by atoms with Gasteiger partial charge < -0.3 is 38.6 Å². The van der Waals surface area contributed by atoms with Gasteiger partial charge in [-0.05, 0) is 156 Å². The molecule has 8 heteroatoms. The lowest BCUT2D eigenvalue weighted by Gasteiger charge is -2.35. The molecule has 0 saturated heterocycles. The number of hydrogen-bond acceptors (Lipinski definition) is 8. The highest BCUT2D eigenvalue weighted by molar-refractivity contribution is 5.88. The Bertz CT molecular complexity index is 3030. The number of methoxy groups -OCH3 is 2. The molecule has 0 saturated carbocycles. The molecular formula is C66H68O8. The first-order valence-corrected chi connectivity index (χ1v) is 25.7. The lowest BCUT2D eigenvalue weighted by atomic mass is 9.67. The number of rotatable bonds is 18. The van der Waals surface area contributed by atoms with E-state index < -0.39 is 10.8 Å². The van der Waals surface area contributed by atoms with Crippen molar-refractivity contribution in [3.63, 3.8) is 0 Å². The van der Waals surface area contributed by atoms with Crippen molar-refractivity contribution in [2.75, 3.05) is 53.9 Å². The van der Waals surface area contributed by atoms with Gasteiger partial charge in [0.05, 0.1) is 51.5 Å². The van der Waals surface area contributed by atoms with Crippen molar-refractivity contribution in [1.29, 1.82) is 0 Å². The van der Waals surface area contributed by atoms with Crippen LogP contribution in [0.3, 0.4) is 0 Å². The summed E-state index contributed by atoms with van der Waals surface area (Å²) in [5.41, 5.74) is 19.6. The van der Waals surface area contributed by atoms with Gasteiger partial charge in [0.15, 0.2) is 11.5 Å². The molecule has 10 rings (SSSR count). The summed E-state index contributed by atoms with van der Waals surface area (Å²) in [6, 6.07) is 56.2. The van der Waals surface area contributed by atoms with Crippen LogP contribution in [-0.4, -0.2) is 64.1 Å². The molecule has 0 aromatic heterocycles. The zero-order chi connectivity index (χ0) is 52.0. The third-order valence-electron chi connectivity index (χ3n) is 14.7. The maximum atomic E-state index is 10.2. The fourth-order valence-electron chi connectivity index (χ4n) is 11.2. The molecule has 0 aliphatic heterocycles. The molecule has 0 amide bonds. The minimum absolute atomic E-state index is 0.120. The van der Waals surface area contributed by atoms with Crippen LogP contribution in [0.25, 0.3) is 22.3 Å². The highest BCUT2D eigenvalue weighted by Crippen LogP contribution is 2.59. The molecule has 0 spiro atoms. The normalized spacial score (nSPS) is 13.2. The van der Waals surface area contributed by atoms with Gasteiger partial charge in [0, 0.05) is 13.2 Å². The third-order valence-corrected chi connectivity index (χ3v) is 14.7. The highest BCUT2D eigenvalue weighted by Gasteiger charge is 2.48. The summed E-state index contributed by atoms with van der Waals surface area (Å²) in [7, 11) is 3.29. The summed E-state index contributed by atoms with van der Waals surface area (Å²) in [6.07, 6.45) is 0. The Morgan fingerprint density at radius 1 is 0.365 bits per heavy atom. The van der Waals surface area contributed by atoms with E-state index in [-0.39, 0.29) is 13.2 Å². The smallest absolute Gasteiger partial charge is 0.161 e. The van der Waals surface area contributed by atoms with Crippen molar-refractivity contribution in [3.8, 4) is 45.3 Å². The van der Waals surface area contributed by atoms with E-state index in [1.54, 1.807) is 14.2 Å². The van der Waals surface area contributed by atoms with Crippen LogP contribution < -0.4 is 18.9 Å². The van der Waals surface area contributed by atoms with Crippen molar-refractivity contribution in [3.05, 3.63) is 236 Å². The van der Waals surface area contributed by atoms with E-state index in [2.05, 4.69) is 167 Å². The van der Waals surface area contributed by atoms with Crippen LogP contribution in [0.4, 0.5) is 0 Å². The van der Waals surface area contributed by atoms with Crippen LogP contribution in [0.1, 0.15) is 91.7 Å². The lowest BCUT2D eigenvalue weighted by molar-refractivity contribution is 0.110. The van der Waals surface area contributed by atoms with Gasteiger partial charge in [0.25, 0.3) is 0 Å². The number of aryl methyl sites for hydroxylation is 4. The zero-order valence-electron chi connectivity index (χ0n) is 44.0. The summed E-state index contributed by atoms with van der Waals surface area (Å²) in [5.74, 6) is 3.02. The molecule has 380 valence electrons. The Labute approximate surface area is 437 Å². The van der Waals surface area contributed by atoms with Crippen LogP contribution in [0.5, 0.6) is 23.0 Å². The van der Waals surface area contributed by atoms with Gasteiger partial charge in [0.2, 0.25) is 0 Å². The molecule has 0 bridgehead atoms. The Hall–Kier alpha value is -7.20. The molecule has 0 radical (unpaired) electrons. The van der Waals surface area contributed by atoms with Crippen LogP contribution in [0.15, 0.2) is 158 Å². The van der Waals surface area contributed by atoms with E-state index in [0.717, 1.165) is 33.8 Å². The van der Waals surface area contributed by atoms with E-state index in [0.29, 0.717) is 51.1 Å². The van der Waals surface area contributed by atoms with Gasteiger partial charge in [-0.15, -0.1) is 0 Å². The number of benzene rings is 8. The van der Waals surface area contributed by atoms with E-state index in [1.165, 1.54) is 77.9 Å². The molecule has 0 fully saturated rings. The Morgan fingerprint density at radius 3 is 1.11 bits per heavy atom. The fourth-order valence-corrected chi connectivity index (χ4v) is 11.2. The highest BCUT2D eigenvalue weighted by atomic mass is 16.5. The van der Waals surface area contributed by atoms with Gasteiger partial charge in [-0.25, -0.2) is 0 Å². The number of ether oxygens (including phenoxy) is 6. The minimum Gasteiger partial charge on any atom is -0.493 e. The van der Waals surface area contributed by atoms with Gasteiger partial charge in [-0.1, -0.05) is 144 Å². The quantitative estimate of drug-likeness (QED) is 0.0821. The number of hydrogen-bond donors (Lipinski definition) is 2. The molecule has 74 heavy (non-hydrogen) atoms. The van der Waals surface area contributed by atoms with Crippen LogP contribution in [0.2, 0.25) is 0 Å². The minimum atomic E-state index is -0.639. The van der Waals surface area contributed by atoms with Crippen molar-refractivity contribution in [1.82, 2.24) is 0 Å². The largest absolute Gasteiger partial charge is 0.493 e. The topological polar surface area (TPSA) is 95.8 Å². The van der Waals surface area contributed by atoms with E-state index in [4.69, 9.17) is 28.4 Å². The molecule has 2 N–H and O–H groups in total. The second-order valence-electron chi connectivity index (χ2n) is 19.2. The number of aliphatic hydroxyl groups is 2. The molecule has 2 aliphatic carbocycles. The first kappa shape index (κ1) is 51.7. The first-order chi connectivity index (χ1) is 36.0. The molecule has 8 nitrogen and oxygen atoms in total. The summed E-state index contributed by atoms with van der Waals surface area (Å²) in [4.78, 5) is 0. The molecule has 0 heterocycles. The molecule has 8 aromatic rings. The molecule has 2 aliphatic rings. The molecular weight excluding hydrogens is 921 g/mol. The van der Waals surface area contributed by atoms with Crippen molar-refractivity contribution >= 4 is 0 Å². The predicted molar refractivity (Wildman–Crippen MR) is 295 cm³/mol. The maximum Gasteiger partial charge on any atom is 0.161 e. The molecule has 0 unspecified atom stereocenters. The van der Waals surface area contributed by atoms with E-state index in [1.807, 2.05) is 32.0 Å². The average Bonchev–Trinajstić information content (AvgIpc) is 3.88. The second-order valence-corrected chi connectivity index (χ2v) is 19.2. The second kappa shape index (κ2) is 22.5. The summed E-state index contributed by atoms with van der Waals surface area (Å²) < 4.78 is 34.1. The van der Waals surface area contributed by atoms with Gasteiger partial charge in [0.1, 0.15) is 24.7 Å². The van der Waals surface area contributed by atoms with Gasteiger partial charge in [-0.3, -0.25) is 0 Å². The van der Waals surface area contributed by atoms with Crippen molar-refractivity contribution in [2.45, 2.75) is 65.6 Å².